The average Bonchev–Trinajstić information content (AvgIpc) is 2.59. The molecule has 1 aliphatic heterocycles. The molecular formula is C19H24O7. The van der Waals surface area contributed by atoms with Crippen LogP contribution in [0, 0.1) is 0 Å². The van der Waals surface area contributed by atoms with E-state index in [0.717, 1.165) is 0 Å². The number of aromatic hydroxyl groups is 1. The fourth-order valence-corrected chi connectivity index (χ4v) is 2.78. The molecule has 3 unspecified atom stereocenters. The van der Waals surface area contributed by atoms with Gasteiger partial charge in [0.05, 0.1) is 19.3 Å². The Morgan fingerprint density at radius 2 is 1.96 bits per heavy atom. The van der Waals surface area contributed by atoms with Crippen LogP contribution < -0.4 is 4.74 Å². The summed E-state index contributed by atoms with van der Waals surface area (Å²) in [6.07, 6.45) is 0.776. The number of carbonyl (C=O) groups excluding carboxylic acids is 2. The molecule has 0 spiro atoms. The predicted octanol–water partition coefficient (Wildman–Crippen LogP) is 1.82. The van der Waals surface area contributed by atoms with Gasteiger partial charge in [0.25, 0.3) is 0 Å². The van der Waals surface area contributed by atoms with Crippen molar-refractivity contribution in [1.29, 1.82) is 0 Å². The molecule has 0 saturated carbocycles. The van der Waals surface area contributed by atoms with Gasteiger partial charge in [0, 0.05) is 12.5 Å². The number of phenolic OH excluding ortho intramolecular Hbond substituents is 1. The van der Waals surface area contributed by atoms with E-state index in [9.17, 15) is 24.9 Å². The molecule has 0 radical (unpaired) electrons. The van der Waals surface area contributed by atoms with E-state index in [2.05, 4.69) is 0 Å². The second-order valence-corrected chi connectivity index (χ2v) is 6.34. The van der Waals surface area contributed by atoms with Crippen molar-refractivity contribution >= 4 is 17.8 Å². The Bertz CT molecular complexity index is 695. The van der Waals surface area contributed by atoms with Gasteiger partial charge >= 0.3 is 5.97 Å². The Labute approximate surface area is 151 Å². The molecule has 1 aromatic carbocycles. The van der Waals surface area contributed by atoms with Gasteiger partial charge in [-0.15, -0.1) is 0 Å². The van der Waals surface area contributed by atoms with Gasteiger partial charge in [-0.3, -0.25) is 4.79 Å². The topological polar surface area (TPSA) is 113 Å². The third-order valence-electron chi connectivity index (χ3n) is 4.27. The van der Waals surface area contributed by atoms with Crippen molar-refractivity contribution in [3.63, 3.8) is 0 Å². The third-order valence-corrected chi connectivity index (χ3v) is 4.27. The first kappa shape index (κ1) is 19.9. The highest BCUT2D eigenvalue weighted by Gasteiger charge is 2.25. The van der Waals surface area contributed by atoms with E-state index in [0.29, 0.717) is 24.2 Å². The third kappa shape index (κ3) is 4.83. The normalized spacial score (nSPS) is 25.2. The maximum absolute atomic E-state index is 12.5. The highest BCUT2D eigenvalue weighted by atomic mass is 16.5. The van der Waals surface area contributed by atoms with E-state index < -0.39 is 30.1 Å². The number of phenols is 1. The summed E-state index contributed by atoms with van der Waals surface area (Å²) in [5.41, 5.74) is 0.348. The number of esters is 1. The summed E-state index contributed by atoms with van der Waals surface area (Å²) in [6.45, 7) is 1.69. The maximum atomic E-state index is 12.5. The molecule has 0 aliphatic carbocycles. The van der Waals surface area contributed by atoms with Crippen LogP contribution in [0.4, 0.5) is 0 Å². The zero-order valence-electron chi connectivity index (χ0n) is 14.8. The highest BCUT2D eigenvalue weighted by Crippen LogP contribution is 2.30. The molecule has 0 aromatic heterocycles. The predicted molar refractivity (Wildman–Crippen MR) is 94.1 cm³/mol. The summed E-state index contributed by atoms with van der Waals surface area (Å²) in [6, 6.07) is 2.87. The molecule has 142 valence electrons. The lowest BCUT2D eigenvalue weighted by atomic mass is 9.99. The number of benzene rings is 1. The monoisotopic (exact) mass is 364 g/mol. The van der Waals surface area contributed by atoms with Crippen LogP contribution in [0.3, 0.4) is 0 Å². The van der Waals surface area contributed by atoms with Gasteiger partial charge < -0.3 is 24.8 Å². The number of carbonyl (C=O) groups is 2. The molecule has 0 bridgehead atoms. The molecule has 3 atom stereocenters. The van der Waals surface area contributed by atoms with E-state index in [-0.39, 0.29) is 24.2 Å². The van der Waals surface area contributed by atoms with Crippen molar-refractivity contribution < 1.29 is 34.4 Å². The fourth-order valence-electron chi connectivity index (χ4n) is 2.78. The number of Topliss-reactive ketones (excluding diaryl/α,β-unsaturated/α-hetero) is 1. The smallest absolute Gasteiger partial charge is 0.342 e. The molecule has 1 aliphatic rings. The minimum atomic E-state index is -1.46. The second kappa shape index (κ2) is 8.82. The van der Waals surface area contributed by atoms with Gasteiger partial charge in [0.1, 0.15) is 23.2 Å². The van der Waals surface area contributed by atoms with Gasteiger partial charge in [-0.1, -0.05) is 12.2 Å². The summed E-state index contributed by atoms with van der Waals surface area (Å²) in [5.74, 6) is -1.05. The van der Waals surface area contributed by atoms with Gasteiger partial charge in [0.15, 0.2) is 5.78 Å². The number of aliphatic hydroxyl groups is 2. The van der Waals surface area contributed by atoms with Crippen molar-refractivity contribution in [2.75, 3.05) is 7.11 Å². The van der Waals surface area contributed by atoms with Crippen molar-refractivity contribution in [2.24, 2.45) is 0 Å². The van der Waals surface area contributed by atoms with Crippen LogP contribution in [-0.4, -0.2) is 52.5 Å². The average molecular weight is 364 g/mol. The van der Waals surface area contributed by atoms with Crippen LogP contribution in [-0.2, 0) is 9.53 Å². The number of hydrogen-bond acceptors (Lipinski definition) is 7. The second-order valence-electron chi connectivity index (χ2n) is 6.34. The minimum Gasteiger partial charge on any atom is -0.507 e. The van der Waals surface area contributed by atoms with E-state index in [1.165, 1.54) is 25.3 Å². The van der Waals surface area contributed by atoms with E-state index in [1.54, 1.807) is 13.0 Å². The standard InChI is InChI=1S/C19H24O7/c1-11-5-3-7-14(20)18(23)15(21)8-4-6-12-9-13(25-2)10-16(22)17(12)19(24)26-11/h4,6,9-11,15,18,21-23H,3,5,7-8H2,1-2H3. The van der Waals surface area contributed by atoms with Gasteiger partial charge in [-0.25, -0.2) is 4.79 Å². The number of fused-ring (bicyclic) bond motifs is 1. The number of ether oxygens (including phenoxy) is 2. The van der Waals surface area contributed by atoms with Crippen LogP contribution in [0.25, 0.3) is 6.08 Å². The molecule has 1 heterocycles. The molecule has 0 fully saturated rings. The summed E-state index contributed by atoms with van der Waals surface area (Å²) in [5, 5.41) is 30.1. The highest BCUT2D eigenvalue weighted by molar-refractivity contribution is 5.97. The Morgan fingerprint density at radius 3 is 2.65 bits per heavy atom. The van der Waals surface area contributed by atoms with E-state index in [1.807, 2.05) is 0 Å². The van der Waals surface area contributed by atoms with Crippen molar-refractivity contribution in [3.05, 3.63) is 29.3 Å². The summed E-state index contributed by atoms with van der Waals surface area (Å²) in [4.78, 5) is 24.4. The summed E-state index contributed by atoms with van der Waals surface area (Å²) < 4.78 is 10.5. The molecule has 0 saturated heterocycles. The molecule has 7 heteroatoms. The van der Waals surface area contributed by atoms with Crippen molar-refractivity contribution in [3.8, 4) is 11.5 Å². The molecule has 7 nitrogen and oxygen atoms in total. The number of hydrogen-bond donors (Lipinski definition) is 3. The van der Waals surface area contributed by atoms with Gasteiger partial charge in [-0.2, -0.15) is 0 Å². The summed E-state index contributed by atoms with van der Waals surface area (Å²) in [7, 11) is 1.43. The number of methoxy groups -OCH3 is 1. The van der Waals surface area contributed by atoms with Crippen LogP contribution in [0.1, 0.15) is 48.5 Å². The molecular weight excluding hydrogens is 340 g/mol. The first-order valence-corrected chi connectivity index (χ1v) is 8.50. The lowest BCUT2D eigenvalue weighted by Gasteiger charge is -2.18. The zero-order chi connectivity index (χ0) is 19.3. The quantitative estimate of drug-likeness (QED) is 0.652. The van der Waals surface area contributed by atoms with Crippen molar-refractivity contribution in [1.82, 2.24) is 0 Å². The van der Waals surface area contributed by atoms with Crippen LogP contribution in [0.5, 0.6) is 11.5 Å². The number of cyclic esters (lactones) is 1. The summed E-state index contributed by atoms with van der Waals surface area (Å²) >= 11 is 0. The SMILES string of the molecule is COc1cc(O)c2c(c1)C=CCC(O)C(O)C(=O)CCCC(C)OC2=O. The van der Waals surface area contributed by atoms with Crippen LogP contribution in [0.15, 0.2) is 18.2 Å². The Hall–Kier alpha value is -2.38. The molecule has 0 amide bonds. The largest absolute Gasteiger partial charge is 0.507 e. The van der Waals surface area contributed by atoms with E-state index in [4.69, 9.17) is 9.47 Å². The Kier molecular flexibility index (Phi) is 6.76. The van der Waals surface area contributed by atoms with Crippen LogP contribution in [0.2, 0.25) is 0 Å². The zero-order valence-corrected chi connectivity index (χ0v) is 14.8. The first-order valence-electron chi connectivity index (χ1n) is 8.50. The van der Waals surface area contributed by atoms with Crippen LogP contribution >= 0.6 is 0 Å². The molecule has 26 heavy (non-hydrogen) atoms. The molecule has 3 N–H and O–H groups in total. The van der Waals surface area contributed by atoms with Crippen molar-refractivity contribution in [2.45, 2.75) is 50.9 Å². The molecule has 2 rings (SSSR count). The molecule has 1 aromatic rings. The van der Waals surface area contributed by atoms with Gasteiger partial charge in [-0.05, 0) is 37.8 Å². The lowest BCUT2D eigenvalue weighted by Crippen LogP contribution is -2.33. The number of aliphatic hydroxyl groups excluding tert-OH is 2. The Morgan fingerprint density at radius 1 is 1.23 bits per heavy atom. The maximum Gasteiger partial charge on any atom is 0.342 e. The lowest BCUT2D eigenvalue weighted by molar-refractivity contribution is -0.132. The van der Waals surface area contributed by atoms with Gasteiger partial charge in [0.2, 0.25) is 0 Å². The minimum absolute atomic E-state index is 0.00271. The first-order chi connectivity index (χ1) is 12.3. The fraction of sp³-hybridized carbons (Fsp3) is 0.474. The Balaban J connectivity index is 2.41. The number of rotatable bonds is 1. The number of ketones is 1. The van der Waals surface area contributed by atoms with E-state index >= 15 is 0 Å².